The third kappa shape index (κ3) is 13.5. The Balaban J connectivity index is 3.20. The number of unbranched alkanes of at least 4 members (excludes halogenated alkanes) is 12. The molecular weight excluding hydrogens is 274 g/mol. The summed E-state index contributed by atoms with van der Waals surface area (Å²) in [7, 11) is 1.68. The van der Waals surface area contributed by atoms with Gasteiger partial charge in [0, 0.05) is 7.11 Å². The van der Waals surface area contributed by atoms with Crippen LogP contribution in [-0.4, -0.2) is 31.0 Å². The minimum atomic E-state index is -0.234. The van der Waals surface area contributed by atoms with E-state index in [4.69, 9.17) is 15.6 Å². The summed E-state index contributed by atoms with van der Waals surface area (Å²) < 4.78 is 5.33. The van der Waals surface area contributed by atoms with Gasteiger partial charge in [0.1, 0.15) is 0 Å². The third-order valence-corrected chi connectivity index (χ3v) is 4.58. The zero-order chi connectivity index (χ0) is 16.5. The molecule has 3 heteroatoms. The van der Waals surface area contributed by atoms with E-state index in [1.54, 1.807) is 7.11 Å². The highest BCUT2D eigenvalue weighted by Crippen LogP contribution is 2.14. The van der Waals surface area contributed by atoms with Gasteiger partial charge in [-0.2, -0.15) is 0 Å². The maximum Gasteiger partial charge on any atom is 0.0744 e. The van der Waals surface area contributed by atoms with Gasteiger partial charge < -0.3 is 15.6 Å². The molecule has 0 aromatic carbocycles. The van der Waals surface area contributed by atoms with Gasteiger partial charge in [-0.25, -0.2) is 0 Å². The minimum absolute atomic E-state index is 0.0109. The summed E-state index contributed by atoms with van der Waals surface area (Å²) in [6, 6.07) is -0.234. The minimum Gasteiger partial charge on any atom is -0.395 e. The van der Waals surface area contributed by atoms with E-state index in [0.29, 0.717) is 0 Å². The zero-order valence-corrected chi connectivity index (χ0v) is 15.2. The van der Waals surface area contributed by atoms with Crippen molar-refractivity contribution in [2.75, 3.05) is 13.7 Å². The van der Waals surface area contributed by atoms with Crippen LogP contribution in [0.3, 0.4) is 0 Å². The van der Waals surface area contributed by atoms with E-state index in [1.165, 1.54) is 77.0 Å². The van der Waals surface area contributed by atoms with Crippen LogP contribution in [0.25, 0.3) is 0 Å². The molecule has 134 valence electrons. The standard InChI is InChI=1S/C19H41NO2/c1-3-4-5-6-7-8-9-10-11-12-13-14-15-16-19(22-2)18(20)17-21/h18-19,21H,3-17,20H2,1-2H3/t18-,19+/m0/s1. The van der Waals surface area contributed by atoms with Crippen molar-refractivity contribution in [2.24, 2.45) is 5.73 Å². The molecule has 0 aromatic heterocycles. The predicted molar refractivity (Wildman–Crippen MR) is 96.2 cm³/mol. The first-order valence-corrected chi connectivity index (χ1v) is 9.65. The molecule has 0 amide bonds. The molecule has 0 heterocycles. The smallest absolute Gasteiger partial charge is 0.0744 e. The van der Waals surface area contributed by atoms with Gasteiger partial charge in [-0.05, 0) is 6.42 Å². The molecule has 0 unspecified atom stereocenters. The Morgan fingerprint density at radius 3 is 1.55 bits per heavy atom. The summed E-state index contributed by atoms with van der Waals surface area (Å²) in [5.41, 5.74) is 5.80. The van der Waals surface area contributed by atoms with E-state index >= 15 is 0 Å². The first-order chi connectivity index (χ1) is 10.8. The van der Waals surface area contributed by atoms with Crippen molar-refractivity contribution in [3.05, 3.63) is 0 Å². The van der Waals surface area contributed by atoms with E-state index < -0.39 is 0 Å². The highest BCUT2D eigenvalue weighted by Gasteiger charge is 2.15. The summed E-state index contributed by atoms with van der Waals surface area (Å²) in [6.45, 7) is 2.29. The van der Waals surface area contributed by atoms with Crippen LogP contribution in [0, 0.1) is 0 Å². The Labute approximate surface area is 139 Å². The molecule has 3 nitrogen and oxygen atoms in total. The van der Waals surface area contributed by atoms with Gasteiger partial charge in [0.2, 0.25) is 0 Å². The van der Waals surface area contributed by atoms with Crippen LogP contribution in [0.4, 0.5) is 0 Å². The molecular formula is C19H41NO2. The molecule has 0 bridgehead atoms. The molecule has 0 aromatic rings. The molecule has 3 N–H and O–H groups in total. The summed E-state index contributed by atoms with van der Waals surface area (Å²) in [4.78, 5) is 0. The molecule has 0 saturated heterocycles. The van der Waals surface area contributed by atoms with Gasteiger partial charge in [0.15, 0.2) is 0 Å². The van der Waals surface area contributed by atoms with Crippen molar-refractivity contribution < 1.29 is 9.84 Å². The van der Waals surface area contributed by atoms with Crippen molar-refractivity contribution in [2.45, 2.75) is 109 Å². The fraction of sp³-hybridized carbons (Fsp3) is 1.00. The molecule has 0 radical (unpaired) electrons. The monoisotopic (exact) mass is 315 g/mol. The SMILES string of the molecule is CCCCCCCCCCCCCCC[C@@H](OC)[C@@H](N)CO. The second kappa shape index (κ2) is 17.2. The second-order valence-corrected chi connectivity index (χ2v) is 6.65. The quantitative estimate of drug-likeness (QED) is 0.379. The Morgan fingerprint density at radius 1 is 0.773 bits per heavy atom. The van der Waals surface area contributed by atoms with Gasteiger partial charge in [0.05, 0.1) is 18.8 Å². The lowest BCUT2D eigenvalue weighted by Gasteiger charge is -2.20. The van der Waals surface area contributed by atoms with Crippen LogP contribution >= 0.6 is 0 Å². The third-order valence-electron chi connectivity index (χ3n) is 4.58. The van der Waals surface area contributed by atoms with Gasteiger partial charge >= 0.3 is 0 Å². The maximum atomic E-state index is 9.04. The largest absolute Gasteiger partial charge is 0.395 e. The number of rotatable bonds is 17. The van der Waals surface area contributed by atoms with Crippen molar-refractivity contribution >= 4 is 0 Å². The first kappa shape index (κ1) is 21.9. The molecule has 0 spiro atoms. The predicted octanol–water partition coefficient (Wildman–Crippen LogP) is 4.80. The Morgan fingerprint density at radius 2 is 1.18 bits per heavy atom. The number of aliphatic hydroxyl groups is 1. The van der Waals surface area contributed by atoms with Crippen LogP contribution < -0.4 is 5.73 Å². The van der Waals surface area contributed by atoms with Crippen molar-refractivity contribution in [3.8, 4) is 0 Å². The Hall–Kier alpha value is -0.120. The number of ether oxygens (including phenoxy) is 1. The average molecular weight is 316 g/mol. The highest BCUT2D eigenvalue weighted by atomic mass is 16.5. The van der Waals surface area contributed by atoms with Crippen LogP contribution in [-0.2, 0) is 4.74 Å². The fourth-order valence-corrected chi connectivity index (χ4v) is 2.99. The van der Waals surface area contributed by atoms with Gasteiger partial charge in [0.25, 0.3) is 0 Å². The van der Waals surface area contributed by atoms with Gasteiger partial charge in [-0.15, -0.1) is 0 Å². The highest BCUT2D eigenvalue weighted by molar-refractivity contribution is 4.72. The van der Waals surface area contributed by atoms with Crippen LogP contribution in [0.1, 0.15) is 96.8 Å². The summed E-state index contributed by atoms with van der Waals surface area (Å²) >= 11 is 0. The van der Waals surface area contributed by atoms with Crippen LogP contribution in [0.15, 0.2) is 0 Å². The topological polar surface area (TPSA) is 55.5 Å². The van der Waals surface area contributed by atoms with E-state index in [9.17, 15) is 0 Å². The van der Waals surface area contributed by atoms with Gasteiger partial charge in [-0.1, -0.05) is 90.4 Å². The second-order valence-electron chi connectivity index (χ2n) is 6.65. The van der Waals surface area contributed by atoms with Crippen molar-refractivity contribution in [1.29, 1.82) is 0 Å². The average Bonchev–Trinajstić information content (AvgIpc) is 2.54. The van der Waals surface area contributed by atoms with Crippen LogP contribution in [0.5, 0.6) is 0 Å². The molecule has 0 aliphatic carbocycles. The van der Waals surface area contributed by atoms with E-state index in [1.807, 2.05) is 0 Å². The normalized spacial score (nSPS) is 14.2. The summed E-state index contributed by atoms with van der Waals surface area (Å²) in [5, 5.41) is 9.04. The number of methoxy groups -OCH3 is 1. The lowest BCUT2D eigenvalue weighted by Crippen LogP contribution is -2.39. The van der Waals surface area contributed by atoms with E-state index in [2.05, 4.69) is 6.92 Å². The van der Waals surface area contributed by atoms with E-state index in [0.717, 1.165) is 12.8 Å². The number of aliphatic hydroxyl groups excluding tert-OH is 1. The first-order valence-electron chi connectivity index (χ1n) is 9.65. The lowest BCUT2D eigenvalue weighted by atomic mass is 10.0. The molecule has 22 heavy (non-hydrogen) atoms. The summed E-state index contributed by atoms with van der Waals surface area (Å²) in [6.07, 6.45) is 18.8. The lowest BCUT2D eigenvalue weighted by molar-refractivity contribution is 0.0515. The fourth-order valence-electron chi connectivity index (χ4n) is 2.99. The summed E-state index contributed by atoms with van der Waals surface area (Å²) in [5.74, 6) is 0. The molecule has 0 saturated carbocycles. The van der Waals surface area contributed by atoms with Gasteiger partial charge in [-0.3, -0.25) is 0 Å². The molecule has 0 aliphatic heterocycles. The van der Waals surface area contributed by atoms with Crippen molar-refractivity contribution in [1.82, 2.24) is 0 Å². The van der Waals surface area contributed by atoms with Crippen molar-refractivity contribution in [3.63, 3.8) is 0 Å². The number of hydrogen-bond donors (Lipinski definition) is 2. The number of hydrogen-bond acceptors (Lipinski definition) is 3. The Kier molecular flexibility index (Phi) is 17.1. The molecule has 0 fully saturated rings. The zero-order valence-electron chi connectivity index (χ0n) is 15.2. The maximum absolute atomic E-state index is 9.04. The van der Waals surface area contributed by atoms with Crippen LogP contribution in [0.2, 0.25) is 0 Å². The molecule has 0 rings (SSSR count). The molecule has 0 aliphatic rings. The molecule has 2 atom stereocenters. The number of nitrogens with two attached hydrogens (primary N) is 1. The Bertz CT molecular complexity index is 212. The van der Waals surface area contributed by atoms with E-state index in [-0.39, 0.29) is 18.8 Å².